The Morgan fingerprint density at radius 3 is 2.78 bits per heavy atom. The number of benzene rings is 1. The molecule has 94 valence electrons. The van der Waals surface area contributed by atoms with E-state index < -0.39 is 24.5 Å². The quantitative estimate of drug-likeness (QED) is 0.595. The van der Waals surface area contributed by atoms with Gasteiger partial charge in [0.25, 0.3) is 5.91 Å². The number of rotatable bonds is 4. The lowest BCUT2D eigenvalue weighted by Crippen LogP contribution is -2.43. The van der Waals surface area contributed by atoms with E-state index in [9.17, 15) is 9.59 Å². The Morgan fingerprint density at radius 2 is 2.11 bits per heavy atom. The molecule has 0 saturated heterocycles. The molecular weight excluding hydrogens is 238 g/mol. The molecule has 0 saturated carbocycles. The molecule has 0 aliphatic rings. The summed E-state index contributed by atoms with van der Waals surface area (Å²) in [6.07, 6.45) is 0. The molecule has 1 heterocycles. The number of nitrogens with zero attached hydrogens (tertiary/aromatic N) is 1. The van der Waals surface area contributed by atoms with Gasteiger partial charge in [-0.05, 0) is 6.07 Å². The van der Waals surface area contributed by atoms with Crippen LogP contribution in [-0.2, 0) is 4.79 Å². The Labute approximate surface area is 101 Å². The minimum atomic E-state index is -1.34. The van der Waals surface area contributed by atoms with Crippen molar-refractivity contribution in [2.45, 2.75) is 6.04 Å². The molecule has 1 aromatic heterocycles. The van der Waals surface area contributed by atoms with Crippen LogP contribution in [0.25, 0.3) is 10.9 Å². The minimum absolute atomic E-state index is 0.102. The number of carboxylic acid groups (broad SMARTS) is 1. The SMILES string of the molecule is O=C(NC(CO)C(=O)O)c1n[nH]c2ccccc12. The molecule has 2 rings (SSSR count). The van der Waals surface area contributed by atoms with Gasteiger partial charge in [-0.1, -0.05) is 18.2 Å². The Balaban J connectivity index is 2.26. The van der Waals surface area contributed by atoms with Crippen molar-refractivity contribution < 1.29 is 19.8 Å². The molecule has 18 heavy (non-hydrogen) atoms. The zero-order valence-corrected chi connectivity index (χ0v) is 9.25. The van der Waals surface area contributed by atoms with Crippen LogP contribution in [0.2, 0.25) is 0 Å². The standard InChI is InChI=1S/C11H11N3O4/c15-5-8(11(17)18)12-10(16)9-6-3-1-2-4-7(6)13-14-9/h1-4,8,15H,5H2,(H,12,16)(H,13,14)(H,17,18). The molecule has 7 heteroatoms. The Bertz CT molecular complexity index is 593. The first-order valence-electron chi connectivity index (χ1n) is 5.21. The topological polar surface area (TPSA) is 115 Å². The number of aromatic amines is 1. The number of aromatic nitrogens is 2. The van der Waals surface area contributed by atoms with Gasteiger partial charge in [0, 0.05) is 5.39 Å². The Kier molecular flexibility index (Phi) is 3.24. The van der Waals surface area contributed by atoms with E-state index in [0.717, 1.165) is 0 Å². The number of nitrogens with one attached hydrogen (secondary N) is 2. The van der Waals surface area contributed by atoms with Crippen LogP contribution in [0.4, 0.5) is 0 Å². The monoisotopic (exact) mass is 249 g/mol. The summed E-state index contributed by atoms with van der Waals surface area (Å²) >= 11 is 0. The van der Waals surface area contributed by atoms with E-state index in [4.69, 9.17) is 10.2 Å². The van der Waals surface area contributed by atoms with Crippen LogP contribution in [0.3, 0.4) is 0 Å². The molecule has 7 nitrogen and oxygen atoms in total. The fourth-order valence-corrected chi connectivity index (χ4v) is 1.55. The predicted molar refractivity (Wildman–Crippen MR) is 62.1 cm³/mol. The van der Waals surface area contributed by atoms with E-state index in [-0.39, 0.29) is 5.69 Å². The van der Waals surface area contributed by atoms with Crippen molar-refractivity contribution in [1.82, 2.24) is 15.5 Å². The molecule has 0 bridgehead atoms. The van der Waals surface area contributed by atoms with Gasteiger partial charge in [-0.2, -0.15) is 5.10 Å². The number of aliphatic carboxylic acids is 1. The first kappa shape index (κ1) is 12.1. The highest BCUT2D eigenvalue weighted by Crippen LogP contribution is 2.14. The van der Waals surface area contributed by atoms with E-state index in [1.54, 1.807) is 24.3 Å². The van der Waals surface area contributed by atoms with Gasteiger partial charge in [0.15, 0.2) is 11.7 Å². The molecule has 2 aromatic rings. The summed E-state index contributed by atoms with van der Waals surface area (Å²) in [7, 11) is 0. The molecule has 0 aliphatic heterocycles. The average Bonchev–Trinajstić information content (AvgIpc) is 2.79. The van der Waals surface area contributed by atoms with Gasteiger partial charge in [0.05, 0.1) is 12.1 Å². The number of carbonyl (C=O) groups excluding carboxylic acids is 1. The molecule has 0 radical (unpaired) electrons. The summed E-state index contributed by atoms with van der Waals surface area (Å²) in [5.41, 5.74) is 0.781. The fourth-order valence-electron chi connectivity index (χ4n) is 1.55. The maximum atomic E-state index is 11.8. The Hall–Kier alpha value is -2.41. The maximum Gasteiger partial charge on any atom is 0.328 e. The van der Waals surface area contributed by atoms with Crippen molar-refractivity contribution in [1.29, 1.82) is 0 Å². The number of carbonyl (C=O) groups is 2. The van der Waals surface area contributed by atoms with E-state index in [0.29, 0.717) is 10.9 Å². The number of fused-ring (bicyclic) bond motifs is 1. The lowest BCUT2D eigenvalue weighted by molar-refractivity contribution is -0.140. The summed E-state index contributed by atoms with van der Waals surface area (Å²) < 4.78 is 0. The fraction of sp³-hybridized carbons (Fsp3) is 0.182. The molecule has 0 spiro atoms. The average molecular weight is 249 g/mol. The van der Waals surface area contributed by atoms with Gasteiger partial charge in [-0.3, -0.25) is 9.89 Å². The number of carboxylic acids is 1. The van der Waals surface area contributed by atoms with E-state index >= 15 is 0 Å². The number of aliphatic hydroxyl groups excluding tert-OH is 1. The normalized spacial score (nSPS) is 12.3. The highest BCUT2D eigenvalue weighted by Gasteiger charge is 2.22. The summed E-state index contributed by atoms with van der Waals surface area (Å²) in [5.74, 6) is -1.94. The molecule has 1 atom stereocenters. The molecular formula is C11H11N3O4. The lowest BCUT2D eigenvalue weighted by Gasteiger charge is -2.10. The van der Waals surface area contributed by atoms with Crippen LogP contribution in [0, 0.1) is 0 Å². The molecule has 1 aromatic carbocycles. The first-order valence-corrected chi connectivity index (χ1v) is 5.21. The zero-order chi connectivity index (χ0) is 13.1. The van der Waals surface area contributed by atoms with Crippen molar-refractivity contribution in [3.63, 3.8) is 0 Å². The zero-order valence-electron chi connectivity index (χ0n) is 9.25. The van der Waals surface area contributed by atoms with Crippen molar-refractivity contribution >= 4 is 22.8 Å². The van der Waals surface area contributed by atoms with Gasteiger partial charge in [-0.15, -0.1) is 0 Å². The van der Waals surface area contributed by atoms with Crippen LogP contribution in [0.1, 0.15) is 10.5 Å². The third-order valence-corrected chi connectivity index (χ3v) is 2.47. The number of hydrogen-bond acceptors (Lipinski definition) is 4. The largest absolute Gasteiger partial charge is 0.480 e. The second-order valence-electron chi connectivity index (χ2n) is 3.66. The highest BCUT2D eigenvalue weighted by molar-refractivity contribution is 6.05. The van der Waals surface area contributed by atoms with Crippen LogP contribution < -0.4 is 5.32 Å². The second-order valence-corrected chi connectivity index (χ2v) is 3.66. The highest BCUT2D eigenvalue weighted by atomic mass is 16.4. The van der Waals surface area contributed by atoms with Gasteiger partial charge in [-0.25, -0.2) is 4.79 Å². The predicted octanol–water partition coefficient (Wildman–Crippen LogP) is -0.262. The van der Waals surface area contributed by atoms with E-state index in [1.807, 2.05) is 0 Å². The first-order chi connectivity index (χ1) is 8.63. The van der Waals surface area contributed by atoms with Crippen LogP contribution in [0.5, 0.6) is 0 Å². The summed E-state index contributed by atoms with van der Waals surface area (Å²) in [4.78, 5) is 22.5. The minimum Gasteiger partial charge on any atom is -0.480 e. The lowest BCUT2D eigenvalue weighted by atomic mass is 10.2. The molecule has 4 N–H and O–H groups in total. The number of H-pyrrole nitrogens is 1. The van der Waals surface area contributed by atoms with Crippen molar-refractivity contribution in [2.24, 2.45) is 0 Å². The summed E-state index contributed by atoms with van der Waals surface area (Å²) in [6.45, 7) is -0.677. The third-order valence-electron chi connectivity index (χ3n) is 2.47. The van der Waals surface area contributed by atoms with Gasteiger partial charge in [0.2, 0.25) is 0 Å². The van der Waals surface area contributed by atoms with Crippen LogP contribution in [0.15, 0.2) is 24.3 Å². The van der Waals surface area contributed by atoms with Gasteiger partial charge < -0.3 is 15.5 Å². The van der Waals surface area contributed by atoms with Crippen molar-refractivity contribution in [2.75, 3.05) is 6.61 Å². The molecule has 0 fully saturated rings. The van der Waals surface area contributed by atoms with Gasteiger partial charge in [0.1, 0.15) is 0 Å². The summed E-state index contributed by atoms with van der Waals surface area (Å²) in [6, 6.07) is 5.64. The molecule has 1 amide bonds. The second kappa shape index (κ2) is 4.84. The van der Waals surface area contributed by atoms with Gasteiger partial charge >= 0.3 is 5.97 Å². The number of aliphatic hydroxyl groups is 1. The van der Waals surface area contributed by atoms with Crippen molar-refractivity contribution in [3.8, 4) is 0 Å². The van der Waals surface area contributed by atoms with E-state index in [1.165, 1.54) is 0 Å². The van der Waals surface area contributed by atoms with Crippen molar-refractivity contribution in [3.05, 3.63) is 30.0 Å². The molecule has 0 aliphatic carbocycles. The van der Waals surface area contributed by atoms with Crippen LogP contribution in [-0.4, -0.2) is 44.9 Å². The third kappa shape index (κ3) is 2.16. The smallest absolute Gasteiger partial charge is 0.328 e. The maximum absolute atomic E-state index is 11.8. The number of para-hydroxylation sites is 1. The number of amides is 1. The summed E-state index contributed by atoms with van der Waals surface area (Å²) in [5, 5.41) is 26.8. The van der Waals surface area contributed by atoms with E-state index in [2.05, 4.69) is 15.5 Å². The van der Waals surface area contributed by atoms with Crippen LogP contribution >= 0.6 is 0 Å². The Morgan fingerprint density at radius 1 is 1.39 bits per heavy atom. The number of hydrogen-bond donors (Lipinski definition) is 4. The molecule has 1 unspecified atom stereocenters.